The molecule has 0 fully saturated rings. The van der Waals surface area contributed by atoms with Crippen molar-refractivity contribution in [3.05, 3.63) is 34.8 Å². The van der Waals surface area contributed by atoms with Crippen molar-refractivity contribution in [3.8, 4) is 0 Å². The van der Waals surface area contributed by atoms with Gasteiger partial charge in [0.2, 0.25) is 5.76 Å². The van der Waals surface area contributed by atoms with Crippen molar-refractivity contribution in [2.24, 2.45) is 5.92 Å². The van der Waals surface area contributed by atoms with Crippen molar-refractivity contribution < 1.29 is 19.1 Å². The zero-order valence-corrected chi connectivity index (χ0v) is 13.8. The largest absolute Gasteiger partial charge is 0.460 e. The highest BCUT2D eigenvalue weighted by Crippen LogP contribution is 2.37. The van der Waals surface area contributed by atoms with E-state index in [4.69, 9.17) is 9.15 Å². The van der Waals surface area contributed by atoms with E-state index in [1.54, 1.807) is 6.92 Å². The average molecular weight is 319 g/mol. The molecule has 23 heavy (non-hydrogen) atoms. The van der Waals surface area contributed by atoms with Crippen LogP contribution in [-0.4, -0.2) is 30.3 Å². The van der Waals surface area contributed by atoms with E-state index in [-0.39, 0.29) is 30.6 Å². The van der Waals surface area contributed by atoms with Crippen LogP contribution in [0, 0.1) is 12.8 Å². The summed E-state index contributed by atoms with van der Waals surface area (Å²) in [7, 11) is 0. The van der Waals surface area contributed by atoms with Crippen molar-refractivity contribution in [2.75, 3.05) is 13.2 Å². The van der Waals surface area contributed by atoms with Crippen LogP contribution in [0.5, 0.6) is 0 Å². The summed E-state index contributed by atoms with van der Waals surface area (Å²) >= 11 is 0. The molecule has 0 radical (unpaired) electrons. The standard InChI is InChI=1S/C18H25NO4/c1-3-22-18(21)17-11(2)16-14(5-4-6-15(16)23-17)19-13-8-7-12(9-13)10-20/h7-8,12-14,19-20H,3-6,9-10H2,1-2H3/t12-,13+,14+/m0/s1. The minimum absolute atomic E-state index is 0.192. The van der Waals surface area contributed by atoms with E-state index < -0.39 is 0 Å². The van der Waals surface area contributed by atoms with Gasteiger partial charge in [-0.15, -0.1) is 0 Å². The molecule has 0 aliphatic heterocycles. The highest BCUT2D eigenvalue weighted by molar-refractivity contribution is 5.88. The molecule has 0 unspecified atom stereocenters. The Bertz CT molecular complexity index is 604. The second-order valence-corrected chi connectivity index (χ2v) is 6.39. The van der Waals surface area contributed by atoms with Gasteiger partial charge in [0.25, 0.3) is 0 Å². The Morgan fingerprint density at radius 2 is 2.30 bits per heavy atom. The Kier molecular flexibility index (Phi) is 4.87. The number of aliphatic hydroxyl groups is 1. The van der Waals surface area contributed by atoms with E-state index in [1.165, 1.54) is 0 Å². The molecule has 126 valence electrons. The highest BCUT2D eigenvalue weighted by Gasteiger charge is 2.32. The maximum absolute atomic E-state index is 12.0. The van der Waals surface area contributed by atoms with Crippen LogP contribution in [0.1, 0.15) is 59.7 Å². The van der Waals surface area contributed by atoms with Crippen LogP contribution in [0.25, 0.3) is 0 Å². The van der Waals surface area contributed by atoms with Gasteiger partial charge >= 0.3 is 5.97 Å². The third-order valence-corrected chi connectivity index (χ3v) is 4.80. The number of carbonyl (C=O) groups excluding carboxylic acids is 1. The van der Waals surface area contributed by atoms with E-state index in [2.05, 4.69) is 17.5 Å². The molecule has 1 aromatic rings. The lowest BCUT2D eigenvalue weighted by atomic mass is 9.89. The summed E-state index contributed by atoms with van der Waals surface area (Å²) in [4.78, 5) is 12.0. The molecule has 0 spiro atoms. The van der Waals surface area contributed by atoms with E-state index in [0.717, 1.165) is 42.6 Å². The first-order valence-electron chi connectivity index (χ1n) is 8.48. The smallest absolute Gasteiger partial charge is 0.374 e. The average Bonchev–Trinajstić information content (AvgIpc) is 3.13. The molecule has 0 saturated carbocycles. The van der Waals surface area contributed by atoms with E-state index in [1.807, 2.05) is 6.92 Å². The molecule has 0 aromatic carbocycles. The topological polar surface area (TPSA) is 71.7 Å². The molecule has 0 amide bonds. The quantitative estimate of drug-likeness (QED) is 0.645. The third kappa shape index (κ3) is 3.21. The summed E-state index contributed by atoms with van der Waals surface area (Å²) in [5.74, 6) is 1.13. The first-order chi connectivity index (χ1) is 11.1. The van der Waals surface area contributed by atoms with Gasteiger partial charge in [-0.25, -0.2) is 4.79 Å². The maximum Gasteiger partial charge on any atom is 0.374 e. The minimum Gasteiger partial charge on any atom is -0.460 e. The Morgan fingerprint density at radius 3 is 3.00 bits per heavy atom. The number of aryl methyl sites for hydroxylation is 1. The van der Waals surface area contributed by atoms with Crippen molar-refractivity contribution in [2.45, 2.75) is 51.6 Å². The number of hydrogen-bond acceptors (Lipinski definition) is 5. The lowest BCUT2D eigenvalue weighted by Gasteiger charge is -2.26. The summed E-state index contributed by atoms with van der Waals surface area (Å²) in [5.41, 5.74) is 2.02. The van der Waals surface area contributed by atoms with Gasteiger partial charge in [0.15, 0.2) is 0 Å². The maximum atomic E-state index is 12.0. The Labute approximate surface area is 136 Å². The number of furan rings is 1. The Morgan fingerprint density at radius 1 is 1.48 bits per heavy atom. The van der Waals surface area contributed by atoms with Gasteiger partial charge in [-0.05, 0) is 33.1 Å². The van der Waals surface area contributed by atoms with Gasteiger partial charge in [-0.1, -0.05) is 12.2 Å². The fourth-order valence-corrected chi connectivity index (χ4v) is 3.69. The van der Waals surface area contributed by atoms with Crippen LogP contribution in [0.2, 0.25) is 0 Å². The molecule has 1 heterocycles. The first-order valence-corrected chi connectivity index (χ1v) is 8.48. The predicted molar refractivity (Wildman–Crippen MR) is 86.3 cm³/mol. The molecule has 5 nitrogen and oxygen atoms in total. The van der Waals surface area contributed by atoms with E-state index in [9.17, 15) is 9.90 Å². The lowest BCUT2D eigenvalue weighted by Crippen LogP contribution is -2.33. The zero-order valence-electron chi connectivity index (χ0n) is 13.8. The van der Waals surface area contributed by atoms with E-state index in [0.29, 0.717) is 12.4 Å². The van der Waals surface area contributed by atoms with Crippen molar-refractivity contribution in [1.82, 2.24) is 5.32 Å². The SMILES string of the molecule is CCOC(=O)c1oc2c(c1C)[C@H](N[C@@H]1C=C[C@H](CO)C1)CCC2. The molecule has 3 rings (SSSR count). The van der Waals surface area contributed by atoms with Gasteiger partial charge in [0.1, 0.15) is 5.76 Å². The van der Waals surface area contributed by atoms with Gasteiger partial charge in [-0.3, -0.25) is 0 Å². The number of carbonyl (C=O) groups is 1. The van der Waals surface area contributed by atoms with Crippen LogP contribution in [0.3, 0.4) is 0 Å². The fraction of sp³-hybridized carbons (Fsp3) is 0.611. The van der Waals surface area contributed by atoms with Gasteiger partial charge < -0.3 is 19.6 Å². The van der Waals surface area contributed by atoms with Crippen molar-refractivity contribution in [1.29, 1.82) is 0 Å². The molecule has 2 aliphatic carbocycles. The molecule has 5 heteroatoms. The number of hydrogen-bond donors (Lipinski definition) is 2. The second kappa shape index (κ2) is 6.89. The van der Waals surface area contributed by atoms with E-state index >= 15 is 0 Å². The minimum atomic E-state index is -0.376. The summed E-state index contributed by atoms with van der Waals surface area (Å²) in [5, 5.41) is 12.9. The van der Waals surface area contributed by atoms with Crippen LogP contribution in [0.4, 0.5) is 0 Å². The van der Waals surface area contributed by atoms with Crippen molar-refractivity contribution in [3.63, 3.8) is 0 Å². The summed E-state index contributed by atoms with van der Waals surface area (Å²) in [6, 6.07) is 0.459. The second-order valence-electron chi connectivity index (χ2n) is 6.39. The van der Waals surface area contributed by atoms with Gasteiger partial charge in [0.05, 0.1) is 6.61 Å². The number of esters is 1. The summed E-state index contributed by atoms with van der Waals surface area (Å²) in [6.45, 7) is 4.28. The van der Waals surface area contributed by atoms with Crippen LogP contribution >= 0.6 is 0 Å². The molecule has 2 N–H and O–H groups in total. The zero-order chi connectivity index (χ0) is 16.4. The van der Waals surface area contributed by atoms with Gasteiger partial charge in [-0.2, -0.15) is 0 Å². The monoisotopic (exact) mass is 319 g/mol. The van der Waals surface area contributed by atoms with Crippen LogP contribution in [0.15, 0.2) is 16.6 Å². The van der Waals surface area contributed by atoms with Crippen LogP contribution in [-0.2, 0) is 11.2 Å². The normalized spacial score (nSPS) is 26.3. The number of ether oxygens (including phenoxy) is 1. The highest BCUT2D eigenvalue weighted by atomic mass is 16.5. The number of rotatable bonds is 5. The molecule has 2 aliphatic rings. The predicted octanol–water partition coefficient (Wildman–Crippen LogP) is 2.67. The first kappa shape index (κ1) is 16.3. The molecule has 3 atom stereocenters. The number of nitrogens with one attached hydrogen (secondary N) is 1. The third-order valence-electron chi connectivity index (χ3n) is 4.80. The van der Waals surface area contributed by atoms with Gasteiger partial charge in [0, 0.05) is 42.2 Å². The fourth-order valence-electron chi connectivity index (χ4n) is 3.69. The lowest BCUT2D eigenvalue weighted by molar-refractivity contribution is 0.0487. The summed E-state index contributed by atoms with van der Waals surface area (Å²) < 4.78 is 10.9. The Balaban J connectivity index is 1.79. The molecule has 0 bridgehead atoms. The molecular weight excluding hydrogens is 294 g/mol. The van der Waals surface area contributed by atoms with Crippen LogP contribution < -0.4 is 5.32 Å². The molecule has 1 aromatic heterocycles. The Hall–Kier alpha value is -1.59. The van der Waals surface area contributed by atoms with Crippen molar-refractivity contribution >= 4 is 5.97 Å². The summed E-state index contributed by atoms with van der Waals surface area (Å²) in [6.07, 6.45) is 8.07. The number of aliphatic hydroxyl groups excluding tert-OH is 1. The number of fused-ring (bicyclic) bond motifs is 1. The molecule has 0 saturated heterocycles. The molecular formula is C18H25NO4.